The molecular weight excluding hydrogens is 746 g/mol. The van der Waals surface area contributed by atoms with Crippen LogP contribution in [0.5, 0.6) is 0 Å². The summed E-state index contributed by atoms with van der Waals surface area (Å²) in [5.74, 6) is -10.8. The Morgan fingerprint density at radius 3 is 1.91 bits per heavy atom. The van der Waals surface area contributed by atoms with Crippen molar-refractivity contribution in [1.29, 1.82) is 0 Å². The summed E-state index contributed by atoms with van der Waals surface area (Å²) >= 11 is 4.00. The maximum absolute atomic E-state index is 13.6. The van der Waals surface area contributed by atoms with Crippen molar-refractivity contribution < 1.29 is 58.5 Å². The van der Waals surface area contributed by atoms with E-state index in [1.54, 1.807) is 44.3 Å². The second-order valence-corrected chi connectivity index (χ2v) is 13.2. The smallest absolute Gasteiger partial charge is 0.326 e. The van der Waals surface area contributed by atoms with E-state index in [4.69, 9.17) is 11.5 Å². The minimum Gasteiger partial charge on any atom is -0.481 e. The van der Waals surface area contributed by atoms with Crippen molar-refractivity contribution in [1.82, 2.24) is 36.9 Å². The van der Waals surface area contributed by atoms with Crippen LogP contribution in [0.2, 0.25) is 0 Å². The number of aliphatic hydroxyl groups excluding tert-OH is 1. The van der Waals surface area contributed by atoms with Crippen LogP contribution in [0.25, 0.3) is 10.9 Å². The Balaban J connectivity index is 2.25. The number of para-hydroxylation sites is 1. The molecule has 7 atom stereocenters. The van der Waals surface area contributed by atoms with Crippen LogP contribution in [0.3, 0.4) is 0 Å². The van der Waals surface area contributed by atoms with E-state index >= 15 is 0 Å². The van der Waals surface area contributed by atoms with Crippen molar-refractivity contribution in [2.24, 2.45) is 17.4 Å². The van der Waals surface area contributed by atoms with Crippen LogP contribution in [-0.2, 0) is 49.6 Å². The predicted molar refractivity (Wildman–Crippen MR) is 197 cm³/mol. The maximum atomic E-state index is 13.6. The molecule has 22 heteroatoms. The number of nitrogens with two attached hydrogens (primary N) is 2. The molecule has 2 aromatic rings. The molecule has 0 radical (unpaired) electrons. The van der Waals surface area contributed by atoms with Gasteiger partial charge in [-0.2, -0.15) is 12.6 Å². The molecule has 0 saturated carbocycles. The first-order valence-electron chi connectivity index (χ1n) is 16.9. The minimum absolute atomic E-state index is 0.162. The zero-order valence-electron chi connectivity index (χ0n) is 30.2. The quantitative estimate of drug-likeness (QED) is 0.0506. The van der Waals surface area contributed by atoms with E-state index in [2.05, 4.69) is 49.5 Å². The molecule has 55 heavy (non-hydrogen) atoms. The second kappa shape index (κ2) is 21.2. The number of carboxylic acids is 2. The highest BCUT2D eigenvalue weighted by molar-refractivity contribution is 7.80. The van der Waals surface area contributed by atoms with Crippen LogP contribution in [0.4, 0.5) is 0 Å². The van der Waals surface area contributed by atoms with Crippen LogP contribution < -0.4 is 43.4 Å². The third-order valence-corrected chi connectivity index (χ3v) is 8.42. The molecule has 1 aromatic heterocycles. The summed E-state index contributed by atoms with van der Waals surface area (Å²) in [6, 6.07) is -2.25. The number of hydrogen-bond donors (Lipinski definition) is 13. The fourth-order valence-electron chi connectivity index (χ4n) is 5.12. The van der Waals surface area contributed by atoms with Gasteiger partial charge in [-0.3, -0.25) is 38.4 Å². The zero-order chi connectivity index (χ0) is 41.6. The summed E-state index contributed by atoms with van der Waals surface area (Å²) < 4.78 is 0. The van der Waals surface area contributed by atoms with Gasteiger partial charge in [-0.05, 0) is 24.5 Å². The lowest BCUT2D eigenvalue weighted by Crippen LogP contribution is -2.62. The van der Waals surface area contributed by atoms with Crippen molar-refractivity contribution >= 4 is 76.8 Å². The normalized spacial score (nSPS) is 14.9. The number of hydrogen-bond acceptors (Lipinski definition) is 12. The fourth-order valence-corrected chi connectivity index (χ4v) is 5.38. The van der Waals surface area contributed by atoms with Gasteiger partial charge in [0.2, 0.25) is 41.4 Å². The average molecular weight is 794 g/mol. The first kappa shape index (κ1) is 45.4. The number of carbonyl (C=O) groups excluding carboxylic acids is 7. The Hall–Kier alpha value is -5.74. The summed E-state index contributed by atoms with van der Waals surface area (Å²) in [6.45, 7) is 3.56. The molecule has 1 aromatic carbocycles. The number of carboxylic acid groups (broad SMARTS) is 2. The molecule has 0 saturated heterocycles. The molecule has 1 heterocycles. The Kier molecular flexibility index (Phi) is 17.5. The van der Waals surface area contributed by atoms with E-state index in [9.17, 15) is 58.5 Å². The van der Waals surface area contributed by atoms with Gasteiger partial charge in [-0.15, -0.1) is 0 Å². The van der Waals surface area contributed by atoms with Gasteiger partial charge < -0.3 is 63.7 Å². The monoisotopic (exact) mass is 793 g/mol. The Morgan fingerprint density at radius 2 is 1.35 bits per heavy atom. The Bertz CT molecular complexity index is 1750. The number of carbonyl (C=O) groups is 9. The van der Waals surface area contributed by atoms with Gasteiger partial charge in [0.1, 0.15) is 30.2 Å². The van der Waals surface area contributed by atoms with E-state index in [1.165, 1.54) is 0 Å². The van der Waals surface area contributed by atoms with Gasteiger partial charge in [0.25, 0.3) is 0 Å². The number of aliphatic hydroxyl groups is 1. The van der Waals surface area contributed by atoms with Crippen LogP contribution in [-0.4, -0.2) is 128 Å². The highest BCUT2D eigenvalue weighted by Gasteiger charge is 2.35. The van der Waals surface area contributed by atoms with E-state index in [-0.39, 0.29) is 12.2 Å². The van der Waals surface area contributed by atoms with E-state index in [1.807, 2.05) is 0 Å². The SMILES string of the molecule is CC(C)[C@H](NC(=O)[C@H](Cc1c[nH]c2ccccc12)NC(=O)[C@@H](NC(=O)[C@H](CC(=O)O)NC(=O)[C@H](CS)NC(=O)CNC(=O)[C@@H](N)CC(N)=O)[C@@H](C)O)C(=O)O. The molecule has 21 nitrogen and oxygen atoms in total. The average Bonchev–Trinajstić information content (AvgIpc) is 3.51. The maximum Gasteiger partial charge on any atom is 0.326 e. The fraction of sp³-hybridized carbons (Fsp3) is 0.485. The third kappa shape index (κ3) is 14.2. The summed E-state index contributed by atoms with van der Waals surface area (Å²) in [4.78, 5) is 115. The summed E-state index contributed by atoms with van der Waals surface area (Å²) in [7, 11) is 0. The van der Waals surface area contributed by atoms with Gasteiger partial charge in [0.05, 0.1) is 31.5 Å². The topological polar surface area (TPSA) is 354 Å². The van der Waals surface area contributed by atoms with Crippen molar-refractivity contribution in [2.45, 2.75) is 82.4 Å². The molecular formula is C33H47N9O12S. The number of thiol groups is 1. The van der Waals surface area contributed by atoms with Crippen LogP contribution in [0, 0.1) is 5.92 Å². The van der Waals surface area contributed by atoms with Gasteiger partial charge in [-0.25, -0.2) is 4.79 Å². The van der Waals surface area contributed by atoms with Gasteiger partial charge >= 0.3 is 11.9 Å². The summed E-state index contributed by atoms with van der Waals surface area (Å²) in [5, 5.41) is 43.9. The molecule has 2 rings (SSSR count). The molecule has 0 aliphatic carbocycles. The third-order valence-electron chi connectivity index (χ3n) is 8.05. The lowest BCUT2D eigenvalue weighted by Gasteiger charge is -2.28. The number of H-pyrrole nitrogens is 1. The minimum atomic E-state index is -1.88. The van der Waals surface area contributed by atoms with Crippen molar-refractivity contribution in [2.75, 3.05) is 12.3 Å². The number of aromatic nitrogens is 1. The molecule has 0 spiro atoms. The molecule has 0 aliphatic rings. The lowest BCUT2D eigenvalue weighted by atomic mass is 10.0. The van der Waals surface area contributed by atoms with Crippen molar-refractivity contribution in [3.05, 3.63) is 36.0 Å². The van der Waals surface area contributed by atoms with Crippen LogP contribution >= 0.6 is 12.6 Å². The standard InChI is InChI=1S/C33H47N9O12S/c1-14(2)26(33(53)54)41-29(49)20(8-16-11-36-19-7-5-4-6-17(16)19)40-32(52)27(15(3)43)42-30(50)21(10-25(46)47)39-31(51)22(13-55)38-24(45)12-37-28(48)18(34)9-23(35)44/h4-7,11,14-15,18,20-22,26-27,36,43,55H,8-10,12-13,34H2,1-3H3,(H2,35,44)(H,37,48)(H,38,45)(H,39,51)(H,40,52)(H,41,49)(H,42,50)(H,46,47)(H,53,54)/t15-,18+,20+,21+,22+,26+,27+/m1/s1. The predicted octanol–water partition coefficient (Wildman–Crippen LogP) is -4.02. The second-order valence-electron chi connectivity index (χ2n) is 12.9. The number of nitrogens with one attached hydrogen (secondary N) is 7. The first-order valence-corrected chi connectivity index (χ1v) is 17.5. The highest BCUT2D eigenvalue weighted by Crippen LogP contribution is 2.19. The number of fused-ring (bicyclic) bond motifs is 1. The van der Waals surface area contributed by atoms with Crippen molar-refractivity contribution in [3.8, 4) is 0 Å². The van der Waals surface area contributed by atoms with Crippen molar-refractivity contribution in [3.63, 3.8) is 0 Å². The van der Waals surface area contributed by atoms with Crippen LogP contribution in [0.1, 0.15) is 39.2 Å². The Labute approximate surface area is 319 Å². The summed E-state index contributed by atoms with van der Waals surface area (Å²) in [5.41, 5.74) is 11.8. The number of rotatable bonds is 22. The Morgan fingerprint density at radius 1 is 0.764 bits per heavy atom. The summed E-state index contributed by atoms with van der Waals surface area (Å²) in [6.07, 6.45) is -1.73. The lowest BCUT2D eigenvalue weighted by molar-refractivity contribution is -0.143. The van der Waals surface area contributed by atoms with Gasteiger partial charge in [-0.1, -0.05) is 32.0 Å². The van der Waals surface area contributed by atoms with E-state index in [0.717, 1.165) is 6.92 Å². The molecule has 7 amide bonds. The first-order chi connectivity index (χ1) is 25.7. The zero-order valence-corrected chi connectivity index (χ0v) is 31.1. The number of amides is 7. The van der Waals surface area contributed by atoms with Gasteiger partial charge in [0.15, 0.2) is 0 Å². The number of primary amides is 1. The molecule has 0 unspecified atom stereocenters. The highest BCUT2D eigenvalue weighted by atomic mass is 32.1. The van der Waals surface area contributed by atoms with E-state index in [0.29, 0.717) is 16.5 Å². The van der Waals surface area contributed by atoms with Crippen LogP contribution in [0.15, 0.2) is 30.5 Å². The number of benzene rings is 1. The van der Waals surface area contributed by atoms with Gasteiger partial charge in [0, 0.05) is 29.3 Å². The van der Waals surface area contributed by atoms with E-state index < -0.39 is 121 Å². The molecule has 0 aliphatic heterocycles. The number of aromatic amines is 1. The molecule has 0 fully saturated rings. The largest absolute Gasteiger partial charge is 0.481 e. The molecule has 302 valence electrons. The molecule has 14 N–H and O–H groups in total. The number of aliphatic carboxylic acids is 2. The molecule has 0 bridgehead atoms.